The fourth-order valence-electron chi connectivity index (χ4n) is 3.36. The highest BCUT2D eigenvalue weighted by Crippen LogP contribution is 2.29. The van der Waals surface area contributed by atoms with Crippen LogP contribution in [0.1, 0.15) is 21.7 Å². The minimum Gasteiger partial charge on any atom is -0.497 e. The molecule has 2 aromatic carbocycles. The number of non-ortho nitro benzene ring substituents is 1. The van der Waals surface area contributed by atoms with E-state index in [1.165, 1.54) is 21.7 Å². The third-order valence-corrected chi connectivity index (χ3v) is 4.81. The van der Waals surface area contributed by atoms with Crippen molar-refractivity contribution in [2.45, 2.75) is 6.42 Å². The summed E-state index contributed by atoms with van der Waals surface area (Å²) in [4.78, 5) is 25.2. The van der Waals surface area contributed by atoms with Gasteiger partial charge in [-0.1, -0.05) is 0 Å². The van der Waals surface area contributed by atoms with E-state index in [1.54, 1.807) is 43.5 Å². The highest BCUT2D eigenvalue weighted by atomic mass is 16.6. The SMILES string of the molecule is COc1ccc(-n2nc(C#N)c3c2C(=O)N(c2ccc([N+](=O)[O-])cc2)CC3)cc1. The molecule has 2 heterocycles. The number of benzene rings is 2. The molecule has 0 unspecified atom stereocenters. The van der Waals surface area contributed by atoms with Gasteiger partial charge >= 0.3 is 0 Å². The summed E-state index contributed by atoms with van der Waals surface area (Å²) in [6, 6.07) is 14.9. The maximum Gasteiger partial charge on any atom is 0.277 e. The first kappa shape index (κ1) is 18.2. The van der Waals surface area contributed by atoms with Crippen molar-refractivity contribution < 1.29 is 14.5 Å². The third-order valence-electron chi connectivity index (χ3n) is 4.81. The molecule has 1 amide bonds. The Morgan fingerprint density at radius 1 is 1.14 bits per heavy atom. The molecule has 9 heteroatoms. The Hall–Kier alpha value is -4.19. The minimum absolute atomic E-state index is 0.0473. The monoisotopic (exact) mass is 389 g/mol. The maximum atomic E-state index is 13.3. The molecular formula is C20H15N5O4. The Bertz CT molecular complexity index is 1140. The summed E-state index contributed by atoms with van der Waals surface area (Å²) >= 11 is 0. The number of aromatic nitrogens is 2. The van der Waals surface area contributed by atoms with Crippen molar-refractivity contribution in [2.24, 2.45) is 0 Å². The summed E-state index contributed by atoms with van der Waals surface area (Å²) in [5.74, 6) is 0.346. The predicted molar refractivity (Wildman–Crippen MR) is 103 cm³/mol. The fourth-order valence-corrected chi connectivity index (χ4v) is 3.36. The Kier molecular flexibility index (Phi) is 4.44. The number of nitro groups is 1. The topological polar surface area (TPSA) is 114 Å². The van der Waals surface area contributed by atoms with E-state index in [0.29, 0.717) is 41.3 Å². The van der Waals surface area contributed by atoms with E-state index in [0.717, 1.165) is 0 Å². The molecule has 0 spiro atoms. The lowest BCUT2D eigenvalue weighted by atomic mass is 10.0. The highest BCUT2D eigenvalue weighted by Gasteiger charge is 2.33. The molecule has 0 atom stereocenters. The van der Waals surface area contributed by atoms with Crippen molar-refractivity contribution in [3.63, 3.8) is 0 Å². The second-order valence-corrected chi connectivity index (χ2v) is 6.38. The Balaban J connectivity index is 1.76. The Morgan fingerprint density at radius 3 is 2.38 bits per heavy atom. The van der Waals surface area contributed by atoms with Crippen LogP contribution in [-0.2, 0) is 6.42 Å². The van der Waals surface area contributed by atoms with E-state index in [9.17, 15) is 20.2 Å². The van der Waals surface area contributed by atoms with Crippen LogP contribution >= 0.6 is 0 Å². The zero-order valence-corrected chi connectivity index (χ0v) is 15.4. The molecule has 144 valence electrons. The molecule has 0 fully saturated rings. The number of anilines is 1. The molecule has 0 aliphatic carbocycles. The number of hydrogen-bond donors (Lipinski definition) is 0. The van der Waals surface area contributed by atoms with Gasteiger partial charge in [0.25, 0.3) is 11.6 Å². The fraction of sp³-hybridized carbons (Fsp3) is 0.150. The van der Waals surface area contributed by atoms with Gasteiger partial charge in [0.2, 0.25) is 0 Å². The summed E-state index contributed by atoms with van der Waals surface area (Å²) in [6.07, 6.45) is 0.455. The number of fused-ring (bicyclic) bond motifs is 1. The molecule has 1 aliphatic heterocycles. The lowest BCUT2D eigenvalue weighted by Crippen LogP contribution is -2.38. The summed E-state index contributed by atoms with van der Waals surface area (Å²) in [6.45, 7) is 0.354. The van der Waals surface area contributed by atoms with Gasteiger partial charge in [0.1, 0.15) is 17.5 Å². The second kappa shape index (κ2) is 7.09. The second-order valence-electron chi connectivity index (χ2n) is 6.38. The van der Waals surface area contributed by atoms with Crippen LogP contribution in [0, 0.1) is 21.4 Å². The van der Waals surface area contributed by atoms with Crippen LogP contribution < -0.4 is 9.64 Å². The standard InChI is InChI=1S/C20H15N5O4/c1-29-16-8-6-14(7-9-16)24-19-17(18(12-21)22-24)10-11-23(20(19)26)13-2-4-15(5-3-13)25(27)28/h2-9H,10-11H2,1H3. The Morgan fingerprint density at radius 2 is 1.79 bits per heavy atom. The quantitative estimate of drug-likeness (QED) is 0.501. The van der Waals surface area contributed by atoms with E-state index >= 15 is 0 Å². The van der Waals surface area contributed by atoms with E-state index in [2.05, 4.69) is 11.2 Å². The first-order valence-electron chi connectivity index (χ1n) is 8.76. The largest absolute Gasteiger partial charge is 0.497 e. The van der Waals surface area contributed by atoms with Crippen LogP contribution in [0.5, 0.6) is 5.75 Å². The van der Waals surface area contributed by atoms with Gasteiger partial charge in [0.15, 0.2) is 5.69 Å². The number of hydrogen-bond acceptors (Lipinski definition) is 6. The lowest BCUT2D eigenvalue weighted by molar-refractivity contribution is -0.384. The van der Waals surface area contributed by atoms with Crippen LogP contribution in [0.15, 0.2) is 48.5 Å². The molecule has 1 aliphatic rings. The number of methoxy groups -OCH3 is 1. The molecule has 0 radical (unpaired) electrons. The molecule has 0 saturated heterocycles. The van der Waals surface area contributed by atoms with E-state index < -0.39 is 4.92 Å². The van der Waals surface area contributed by atoms with Crippen molar-refractivity contribution in [1.82, 2.24) is 9.78 Å². The lowest BCUT2D eigenvalue weighted by Gasteiger charge is -2.27. The number of carbonyl (C=O) groups excluding carboxylic acids is 1. The third kappa shape index (κ3) is 3.06. The van der Waals surface area contributed by atoms with Crippen molar-refractivity contribution >= 4 is 17.3 Å². The van der Waals surface area contributed by atoms with Gasteiger partial charge in [-0.2, -0.15) is 10.4 Å². The molecule has 0 saturated carbocycles. The average molecular weight is 389 g/mol. The van der Waals surface area contributed by atoms with E-state index in [4.69, 9.17) is 4.74 Å². The van der Waals surface area contributed by atoms with Gasteiger partial charge in [-0.3, -0.25) is 14.9 Å². The minimum atomic E-state index is -0.488. The number of carbonyl (C=O) groups is 1. The number of ether oxygens (including phenoxy) is 1. The smallest absolute Gasteiger partial charge is 0.277 e. The molecule has 4 rings (SSSR count). The average Bonchev–Trinajstić information content (AvgIpc) is 3.14. The van der Waals surface area contributed by atoms with E-state index in [-0.39, 0.29) is 17.3 Å². The zero-order valence-electron chi connectivity index (χ0n) is 15.4. The van der Waals surface area contributed by atoms with Crippen molar-refractivity contribution in [2.75, 3.05) is 18.6 Å². The van der Waals surface area contributed by atoms with Crippen molar-refractivity contribution in [3.05, 3.63) is 75.6 Å². The number of nitrogens with zero attached hydrogens (tertiary/aromatic N) is 5. The summed E-state index contributed by atoms with van der Waals surface area (Å²) < 4.78 is 6.63. The molecular weight excluding hydrogens is 374 g/mol. The van der Waals surface area contributed by atoms with Gasteiger partial charge in [-0.15, -0.1) is 0 Å². The van der Waals surface area contributed by atoms with Crippen LogP contribution in [0.2, 0.25) is 0 Å². The Labute approximate surface area is 165 Å². The molecule has 1 aromatic heterocycles. The van der Waals surface area contributed by atoms with Gasteiger partial charge in [-0.05, 0) is 42.8 Å². The van der Waals surface area contributed by atoms with Gasteiger partial charge in [0.05, 0.1) is 17.7 Å². The van der Waals surface area contributed by atoms with E-state index in [1.807, 2.05) is 0 Å². The summed E-state index contributed by atoms with van der Waals surface area (Å²) in [5, 5.41) is 24.7. The number of nitro benzene ring substituents is 1. The molecule has 0 N–H and O–H groups in total. The summed E-state index contributed by atoms with van der Waals surface area (Å²) in [5.41, 5.74) is 2.26. The molecule has 29 heavy (non-hydrogen) atoms. The zero-order chi connectivity index (χ0) is 20.5. The first-order valence-corrected chi connectivity index (χ1v) is 8.76. The van der Waals surface area contributed by atoms with Gasteiger partial charge < -0.3 is 9.64 Å². The number of nitriles is 1. The van der Waals surface area contributed by atoms with Crippen LogP contribution in [-0.4, -0.2) is 34.3 Å². The normalized spacial score (nSPS) is 13.0. The number of amides is 1. The van der Waals surface area contributed by atoms with Crippen molar-refractivity contribution in [3.8, 4) is 17.5 Å². The van der Waals surface area contributed by atoms with Gasteiger partial charge in [-0.25, -0.2) is 4.68 Å². The molecule has 9 nitrogen and oxygen atoms in total. The molecule has 0 bridgehead atoms. The highest BCUT2D eigenvalue weighted by molar-refractivity contribution is 6.07. The van der Waals surface area contributed by atoms with Crippen molar-refractivity contribution in [1.29, 1.82) is 5.26 Å². The maximum absolute atomic E-state index is 13.3. The van der Waals surface area contributed by atoms with Gasteiger partial charge in [0, 0.05) is 29.9 Å². The predicted octanol–water partition coefficient (Wildman–Crippen LogP) is 2.86. The summed E-state index contributed by atoms with van der Waals surface area (Å²) in [7, 11) is 1.56. The number of rotatable bonds is 4. The molecule has 3 aromatic rings. The van der Waals surface area contributed by atoms with Crippen LogP contribution in [0.3, 0.4) is 0 Å². The van der Waals surface area contributed by atoms with Crippen LogP contribution in [0.4, 0.5) is 11.4 Å². The van der Waals surface area contributed by atoms with Crippen LogP contribution in [0.25, 0.3) is 5.69 Å². The first-order chi connectivity index (χ1) is 14.0.